The zero-order chi connectivity index (χ0) is 12.1. The fourth-order valence-corrected chi connectivity index (χ4v) is 1.26. The number of terminal acetylenes is 1. The summed E-state index contributed by atoms with van der Waals surface area (Å²) in [7, 11) is 1.34. The van der Waals surface area contributed by atoms with Crippen LogP contribution in [0.1, 0.15) is 28.8 Å². The van der Waals surface area contributed by atoms with Gasteiger partial charge in [-0.3, -0.25) is 5.32 Å². The third-order valence-corrected chi connectivity index (χ3v) is 2.21. The molecule has 1 heterocycles. The van der Waals surface area contributed by atoms with E-state index < -0.39 is 5.97 Å². The maximum absolute atomic E-state index is 11.3. The number of carbonyl (C=O) groups is 1. The van der Waals surface area contributed by atoms with Gasteiger partial charge in [0, 0.05) is 0 Å². The first-order chi connectivity index (χ1) is 7.58. The molecular formula is C12H15NO3. The summed E-state index contributed by atoms with van der Waals surface area (Å²) >= 11 is 0. The van der Waals surface area contributed by atoms with Gasteiger partial charge in [-0.1, -0.05) is 5.92 Å². The highest BCUT2D eigenvalue weighted by molar-refractivity contribution is 5.90. The Labute approximate surface area is 95.0 Å². The van der Waals surface area contributed by atoms with Crippen LogP contribution in [0.4, 0.5) is 0 Å². The van der Waals surface area contributed by atoms with E-state index in [1.165, 1.54) is 7.11 Å². The van der Waals surface area contributed by atoms with Crippen LogP contribution < -0.4 is 5.32 Å². The second-order valence-corrected chi connectivity index (χ2v) is 3.44. The number of aryl methyl sites for hydroxylation is 1. The molecule has 0 bridgehead atoms. The first-order valence-corrected chi connectivity index (χ1v) is 4.95. The van der Waals surface area contributed by atoms with E-state index in [1.807, 2.05) is 6.92 Å². The van der Waals surface area contributed by atoms with Gasteiger partial charge in [0.05, 0.1) is 19.7 Å². The summed E-state index contributed by atoms with van der Waals surface area (Å²) in [5.41, 5.74) is 0.452. The highest BCUT2D eigenvalue weighted by Gasteiger charge is 2.15. The van der Waals surface area contributed by atoms with Crippen LogP contribution in [-0.2, 0) is 11.3 Å². The molecule has 0 amide bonds. The topological polar surface area (TPSA) is 51.5 Å². The van der Waals surface area contributed by atoms with Gasteiger partial charge in [-0.15, -0.1) is 6.42 Å². The van der Waals surface area contributed by atoms with Crippen LogP contribution >= 0.6 is 0 Å². The molecule has 0 aliphatic heterocycles. The van der Waals surface area contributed by atoms with Crippen molar-refractivity contribution in [1.82, 2.24) is 5.32 Å². The average Bonchev–Trinajstić information content (AvgIpc) is 2.66. The number of methoxy groups -OCH3 is 1. The van der Waals surface area contributed by atoms with E-state index in [0.717, 1.165) is 0 Å². The van der Waals surface area contributed by atoms with Gasteiger partial charge in [0.25, 0.3) is 0 Å². The van der Waals surface area contributed by atoms with Gasteiger partial charge in [-0.2, -0.15) is 0 Å². The maximum Gasteiger partial charge on any atom is 0.341 e. The molecule has 0 saturated carbocycles. The number of esters is 1. The van der Waals surface area contributed by atoms with E-state index in [4.69, 9.17) is 10.8 Å². The molecule has 1 N–H and O–H groups in total. The van der Waals surface area contributed by atoms with Crippen LogP contribution in [0.15, 0.2) is 10.5 Å². The van der Waals surface area contributed by atoms with E-state index >= 15 is 0 Å². The van der Waals surface area contributed by atoms with Crippen LogP contribution in [0.2, 0.25) is 0 Å². The molecule has 1 aromatic rings. The molecule has 0 saturated heterocycles. The largest absolute Gasteiger partial charge is 0.465 e. The monoisotopic (exact) mass is 221 g/mol. The van der Waals surface area contributed by atoms with Crippen molar-refractivity contribution < 1.29 is 13.9 Å². The molecule has 0 fully saturated rings. The number of nitrogens with one attached hydrogen (secondary N) is 1. The van der Waals surface area contributed by atoms with E-state index in [-0.39, 0.29) is 6.04 Å². The molecule has 0 radical (unpaired) electrons. The molecule has 0 aliphatic rings. The first-order valence-electron chi connectivity index (χ1n) is 4.95. The average molecular weight is 221 g/mol. The van der Waals surface area contributed by atoms with Gasteiger partial charge in [-0.05, 0) is 19.9 Å². The third-order valence-electron chi connectivity index (χ3n) is 2.21. The van der Waals surface area contributed by atoms with Crippen molar-refractivity contribution in [1.29, 1.82) is 0 Å². The molecule has 0 aliphatic carbocycles. The smallest absolute Gasteiger partial charge is 0.341 e. The number of hydrogen-bond acceptors (Lipinski definition) is 4. The summed E-state index contributed by atoms with van der Waals surface area (Å²) in [5, 5.41) is 3.06. The Balaban J connectivity index is 2.70. The lowest BCUT2D eigenvalue weighted by Crippen LogP contribution is -2.23. The van der Waals surface area contributed by atoms with Crippen molar-refractivity contribution in [2.75, 3.05) is 7.11 Å². The van der Waals surface area contributed by atoms with Crippen molar-refractivity contribution in [3.05, 3.63) is 23.2 Å². The maximum atomic E-state index is 11.3. The van der Waals surface area contributed by atoms with Gasteiger partial charge in [-0.25, -0.2) is 4.79 Å². The molecular weight excluding hydrogens is 206 g/mol. The second-order valence-electron chi connectivity index (χ2n) is 3.44. The molecule has 0 spiro atoms. The number of hydrogen-bond donors (Lipinski definition) is 1. The molecule has 4 heteroatoms. The minimum atomic E-state index is -0.391. The fraction of sp³-hybridized carbons (Fsp3) is 0.417. The summed E-state index contributed by atoms with van der Waals surface area (Å²) in [6.45, 7) is 4.08. The SMILES string of the molecule is C#CC(C)NCc1cc(C(=O)OC)c(C)o1. The van der Waals surface area contributed by atoms with Crippen LogP contribution in [0.3, 0.4) is 0 Å². The van der Waals surface area contributed by atoms with Gasteiger partial charge in [0.15, 0.2) is 0 Å². The predicted molar refractivity (Wildman–Crippen MR) is 59.9 cm³/mol. The summed E-state index contributed by atoms with van der Waals surface area (Å²) in [6, 6.07) is 1.63. The van der Waals surface area contributed by atoms with E-state index in [9.17, 15) is 4.79 Å². The molecule has 4 nitrogen and oxygen atoms in total. The number of furan rings is 1. The van der Waals surface area contributed by atoms with E-state index in [2.05, 4.69) is 16.0 Å². The van der Waals surface area contributed by atoms with Crippen molar-refractivity contribution in [2.45, 2.75) is 26.4 Å². The lowest BCUT2D eigenvalue weighted by molar-refractivity contribution is 0.0599. The predicted octanol–water partition coefficient (Wildman–Crippen LogP) is 1.49. The Hall–Kier alpha value is -1.73. The Morgan fingerprint density at radius 3 is 3.00 bits per heavy atom. The summed E-state index contributed by atoms with van der Waals surface area (Å²) in [6.07, 6.45) is 5.22. The standard InChI is InChI=1S/C12H15NO3/c1-5-8(2)13-7-10-6-11(9(3)16-10)12(14)15-4/h1,6,8,13H,7H2,2-4H3. The summed E-state index contributed by atoms with van der Waals surface area (Å²) in [5.74, 6) is 3.37. The minimum Gasteiger partial charge on any atom is -0.465 e. The van der Waals surface area contributed by atoms with E-state index in [0.29, 0.717) is 23.6 Å². The lowest BCUT2D eigenvalue weighted by atomic mass is 10.2. The van der Waals surface area contributed by atoms with Crippen molar-refractivity contribution in [3.8, 4) is 12.3 Å². The Bertz CT molecular complexity index is 414. The normalized spacial score (nSPS) is 11.9. The van der Waals surface area contributed by atoms with Gasteiger partial charge >= 0.3 is 5.97 Å². The van der Waals surface area contributed by atoms with Gasteiger partial charge in [0.2, 0.25) is 0 Å². The Kier molecular flexibility index (Phi) is 4.15. The van der Waals surface area contributed by atoms with Crippen LogP contribution in [-0.4, -0.2) is 19.1 Å². The Morgan fingerprint density at radius 1 is 1.75 bits per heavy atom. The fourth-order valence-electron chi connectivity index (χ4n) is 1.26. The van der Waals surface area contributed by atoms with Gasteiger partial charge < -0.3 is 9.15 Å². The number of ether oxygens (including phenoxy) is 1. The molecule has 1 unspecified atom stereocenters. The zero-order valence-electron chi connectivity index (χ0n) is 9.66. The van der Waals surface area contributed by atoms with E-state index in [1.54, 1.807) is 13.0 Å². The van der Waals surface area contributed by atoms with Crippen molar-refractivity contribution >= 4 is 5.97 Å². The Morgan fingerprint density at radius 2 is 2.44 bits per heavy atom. The molecule has 0 aromatic carbocycles. The van der Waals surface area contributed by atoms with Crippen LogP contribution in [0, 0.1) is 19.3 Å². The molecule has 1 aromatic heterocycles. The molecule has 1 atom stereocenters. The second kappa shape index (κ2) is 5.38. The zero-order valence-corrected chi connectivity index (χ0v) is 9.66. The highest BCUT2D eigenvalue weighted by Crippen LogP contribution is 2.15. The molecule has 86 valence electrons. The van der Waals surface area contributed by atoms with Crippen LogP contribution in [0.5, 0.6) is 0 Å². The molecule has 16 heavy (non-hydrogen) atoms. The quantitative estimate of drug-likeness (QED) is 0.618. The third kappa shape index (κ3) is 2.88. The van der Waals surface area contributed by atoms with Crippen molar-refractivity contribution in [2.24, 2.45) is 0 Å². The van der Waals surface area contributed by atoms with Crippen LogP contribution in [0.25, 0.3) is 0 Å². The summed E-state index contributed by atoms with van der Waals surface area (Å²) < 4.78 is 10.0. The van der Waals surface area contributed by atoms with Gasteiger partial charge in [0.1, 0.15) is 17.1 Å². The minimum absolute atomic E-state index is 0.0352. The lowest BCUT2D eigenvalue weighted by Gasteiger charge is -2.03. The summed E-state index contributed by atoms with van der Waals surface area (Å²) in [4.78, 5) is 11.3. The first kappa shape index (κ1) is 12.3. The highest BCUT2D eigenvalue weighted by atomic mass is 16.5. The number of carbonyl (C=O) groups excluding carboxylic acids is 1. The molecule has 1 rings (SSSR count). The van der Waals surface area contributed by atoms with Crippen molar-refractivity contribution in [3.63, 3.8) is 0 Å². The number of rotatable bonds is 4.